The highest BCUT2D eigenvalue weighted by atomic mass is 35.5. The van der Waals surface area contributed by atoms with Gasteiger partial charge in [-0.3, -0.25) is 4.79 Å². The molecule has 1 aliphatic rings. The second kappa shape index (κ2) is 5.53. The Morgan fingerprint density at radius 2 is 2.20 bits per heavy atom. The lowest BCUT2D eigenvalue weighted by Crippen LogP contribution is -2.38. The van der Waals surface area contributed by atoms with E-state index in [4.69, 9.17) is 28.9 Å². The maximum Gasteiger partial charge on any atom is 0.262 e. The average Bonchev–Trinajstić information content (AvgIpc) is 3.21. The maximum absolute atomic E-state index is 12.2. The van der Waals surface area contributed by atoms with Crippen molar-refractivity contribution in [2.75, 3.05) is 6.54 Å². The molecule has 1 aliphatic carbocycles. The average molecular weight is 329 g/mol. The first-order valence-electron chi connectivity index (χ1n) is 6.47. The summed E-state index contributed by atoms with van der Waals surface area (Å²) in [6.45, 7) is 0.495. The van der Waals surface area contributed by atoms with Gasteiger partial charge in [0.05, 0.1) is 5.02 Å². The number of halogens is 2. The Morgan fingerprint density at radius 3 is 2.90 bits per heavy atom. The van der Waals surface area contributed by atoms with Crippen LogP contribution in [-0.2, 0) is 0 Å². The molecule has 0 saturated heterocycles. The van der Waals surface area contributed by atoms with Crippen LogP contribution >= 0.6 is 34.5 Å². The van der Waals surface area contributed by atoms with Gasteiger partial charge in [-0.25, -0.2) is 0 Å². The summed E-state index contributed by atoms with van der Waals surface area (Å²) in [5, 5.41) is 4.85. The van der Waals surface area contributed by atoms with Crippen LogP contribution in [0.4, 0.5) is 0 Å². The van der Waals surface area contributed by atoms with Crippen LogP contribution in [0.2, 0.25) is 10.0 Å². The molecule has 1 heterocycles. The van der Waals surface area contributed by atoms with E-state index < -0.39 is 0 Å². The van der Waals surface area contributed by atoms with E-state index in [0.29, 0.717) is 27.4 Å². The minimum Gasteiger partial charge on any atom is -0.350 e. The molecule has 1 fully saturated rings. The fraction of sp³-hybridized carbons (Fsp3) is 0.357. The van der Waals surface area contributed by atoms with Gasteiger partial charge in [-0.1, -0.05) is 29.3 Å². The molecule has 6 heteroatoms. The van der Waals surface area contributed by atoms with E-state index in [1.54, 1.807) is 6.07 Å². The number of rotatable bonds is 4. The minimum atomic E-state index is -0.163. The molecule has 1 saturated carbocycles. The van der Waals surface area contributed by atoms with Crippen LogP contribution < -0.4 is 11.1 Å². The highest BCUT2D eigenvalue weighted by Gasteiger charge is 2.29. The molecule has 3 N–H and O–H groups in total. The first kappa shape index (κ1) is 14.1. The first-order valence-corrected chi connectivity index (χ1v) is 8.05. The zero-order valence-electron chi connectivity index (χ0n) is 10.7. The van der Waals surface area contributed by atoms with E-state index in [1.165, 1.54) is 24.2 Å². The predicted octanol–water partition coefficient (Wildman–Crippen LogP) is 3.68. The fourth-order valence-electron chi connectivity index (χ4n) is 2.17. The van der Waals surface area contributed by atoms with Crippen LogP contribution in [0, 0.1) is 5.92 Å². The molecular formula is C14H14Cl2N2OS. The van der Waals surface area contributed by atoms with Gasteiger partial charge in [0.1, 0.15) is 4.88 Å². The minimum absolute atomic E-state index is 0.0431. The number of thiophene rings is 1. The van der Waals surface area contributed by atoms with Crippen LogP contribution in [0.15, 0.2) is 18.2 Å². The Labute approximate surface area is 131 Å². The molecule has 0 spiro atoms. The highest BCUT2D eigenvalue weighted by Crippen LogP contribution is 2.36. The number of benzene rings is 1. The predicted molar refractivity (Wildman–Crippen MR) is 84.9 cm³/mol. The monoisotopic (exact) mass is 328 g/mol. The Hall–Kier alpha value is -0.810. The number of amides is 1. The molecule has 3 nitrogen and oxygen atoms in total. The van der Waals surface area contributed by atoms with Crippen molar-refractivity contribution >= 4 is 50.5 Å². The van der Waals surface area contributed by atoms with E-state index in [1.807, 2.05) is 12.1 Å². The van der Waals surface area contributed by atoms with Gasteiger partial charge < -0.3 is 11.1 Å². The summed E-state index contributed by atoms with van der Waals surface area (Å²) < 4.78 is 0.916. The van der Waals surface area contributed by atoms with Gasteiger partial charge in [-0.15, -0.1) is 11.3 Å². The molecule has 1 aromatic heterocycles. The summed E-state index contributed by atoms with van der Waals surface area (Å²) >= 11 is 13.6. The number of nitrogens with one attached hydrogen (secondary N) is 1. The molecule has 0 aliphatic heterocycles. The number of carbonyl (C=O) groups excluding carboxylic acids is 1. The molecule has 3 rings (SSSR count). The lowest BCUT2D eigenvalue weighted by atomic mass is 10.2. The summed E-state index contributed by atoms with van der Waals surface area (Å²) in [5.41, 5.74) is 5.98. The van der Waals surface area contributed by atoms with E-state index >= 15 is 0 Å². The second-order valence-corrected chi connectivity index (χ2v) is 6.96. The van der Waals surface area contributed by atoms with Gasteiger partial charge in [-0.05, 0) is 30.9 Å². The van der Waals surface area contributed by atoms with Crippen LogP contribution in [-0.4, -0.2) is 18.5 Å². The van der Waals surface area contributed by atoms with Gasteiger partial charge in [0.15, 0.2) is 0 Å². The zero-order valence-corrected chi connectivity index (χ0v) is 13.0. The summed E-state index contributed by atoms with van der Waals surface area (Å²) in [5.74, 6) is 0.399. The Bertz CT molecular complexity index is 666. The standard InChI is InChI=1S/C14H14Cl2N2OS/c15-8-3-4-9-11(5-8)20-13(12(9)16)14(19)18-6-10(17)7-1-2-7/h3-5,7,10H,1-2,6,17H2,(H,18,19). The van der Waals surface area contributed by atoms with Crippen molar-refractivity contribution in [3.63, 3.8) is 0 Å². The van der Waals surface area contributed by atoms with Crippen molar-refractivity contribution < 1.29 is 4.79 Å². The first-order chi connectivity index (χ1) is 9.56. The number of fused-ring (bicyclic) bond motifs is 1. The smallest absolute Gasteiger partial charge is 0.262 e. The lowest BCUT2D eigenvalue weighted by molar-refractivity contribution is 0.0954. The molecule has 1 amide bonds. The van der Waals surface area contributed by atoms with Crippen molar-refractivity contribution in [1.82, 2.24) is 5.32 Å². The molecule has 0 radical (unpaired) electrons. The number of nitrogens with two attached hydrogens (primary N) is 1. The van der Waals surface area contributed by atoms with E-state index in [0.717, 1.165) is 10.1 Å². The topological polar surface area (TPSA) is 55.1 Å². The number of hydrogen-bond donors (Lipinski definition) is 2. The van der Waals surface area contributed by atoms with Crippen LogP contribution in [0.1, 0.15) is 22.5 Å². The fourth-order valence-corrected chi connectivity index (χ4v) is 3.88. The summed E-state index contributed by atoms with van der Waals surface area (Å²) in [7, 11) is 0. The van der Waals surface area contributed by atoms with Gasteiger partial charge in [0.2, 0.25) is 0 Å². The zero-order chi connectivity index (χ0) is 14.3. The van der Waals surface area contributed by atoms with Crippen LogP contribution in [0.3, 0.4) is 0 Å². The van der Waals surface area contributed by atoms with Gasteiger partial charge in [0, 0.05) is 27.7 Å². The van der Waals surface area contributed by atoms with Crippen LogP contribution in [0.5, 0.6) is 0 Å². The van der Waals surface area contributed by atoms with Crippen LogP contribution in [0.25, 0.3) is 10.1 Å². The molecule has 20 heavy (non-hydrogen) atoms. The Balaban J connectivity index is 1.78. The van der Waals surface area contributed by atoms with E-state index in [9.17, 15) is 4.79 Å². The SMILES string of the molecule is NC(CNC(=O)c1sc2cc(Cl)ccc2c1Cl)C1CC1. The second-order valence-electron chi connectivity index (χ2n) is 5.10. The molecule has 0 bridgehead atoms. The van der Waals surface area contributed by atoms with Gasteiger partial charge in [-0.2, -0.15) is 0 Å². The largest absolute Gasteiger partial charge is 0.350 e. The lowest BCUT2D eigenvalue weighted by Gasteiger charge is -2.10. The normalized spacial score (nSPS) is 16.4. The Kier molecular flexibility index (Phi) is 3.91. The third-order valence-electron chi connectivity index (χ3n) is 3.52. The van der Waals surface area contributed by atoms with Gasteiger partial charge >= 0.3 is 0 Å². The summed E-state index contributed by atoms with van der Waals surface area (Å²) in [6, 6.07) is 5.47. The number of hydrogen-bond acceptors (Lipinski definition) is 3. The van der Waals surface area contributed by atoms with Crippen molar-refractivity contribution in [2.45, 2.75) is 18.9 Å². The molecular weight excluding hydrogens is 315 g/mol. The summed E-state index contributed by atoms with van der Waals surface area (Å²) in [4.78, 5) is 12.7. The molecule has 106 valence electrons. The molecule has 1 atom stereocenters. The van der Waals surface area contributed by atoms with E-state index in [2.05, 4.69) is 5.32 Å². The van der Waals surface area contributed by atoms with Crippen molar-refractivity contribution in [2.24, 2.45) is 11.7 Å². The van der Waals surface area contributed by atoms with Crippen molar-refractivity contribution in [1.29, 1.82) is 0 Å². The van der Waals surface area contributed by atoms with Gasteiger partial charge in [0.25, 0.3) is 5.91 Å². The van der Waals surface area contributed by atoms with E-state index in [-0.39, 0.29) is 11.9 Å². The third-order valence-corrected chi connectivity index (χ3v) is 5.41. The van der Waals surface area contributed by atoms with Crippen molar-refractivity contribution in [3.05, 3.63) is 33.1 Å². The summed E-state index contributed by atoms with van der Waals surface area (Å²) in [6.07, 6.45) is 2.33. The van der Waals surface area contributed by atoms with Crippen molar-refractivity contribution in [3.8, 4) is 0 Å². The highest BCUT2D eigenvalue weighted by molar-refractivity contribution is 7.21. The maximum atomic E-state index is 12.2. The number of carbonyl (C=O) groups is 1. The Morgan fingerprint density at radius 1 is 1.45 bits per heavy atom. The quantitative estimate of drug-likeness (QED) is 0.899. The molecule has 2 aromatic rings. The third kappa shape index (κ3) is 2.79. The molecule has 1 aromatic carbocycles. The molecule has 1 unspecified atom stereocenters.